The van der Waals surface area contributed by atoms with E-state index in [1.807, 2.05) is 31.3 Å². The molecule has 1 aliphatic carbocycles. The second-order valence-electron chi connectivity index (χ2n) is 5.72. The van der Waals surface area contributed by atoms with E-state index >= 15 is 0 Å². The normalized spacial score (nSPS) is 14.6. The van der Waals surface area contributed by atoms with E-state index in [2.05, 4.69) is 11.8 Å². The van der Waals surface area contributed by atoms with Gasteiger partial charge in [0.25, 0.3) is 0 Å². The van der Waals surface area contributed by atoms with Gasteiger partial charge in [-0.15, -0.1) is 0 Å². The van der Waals surface area contributed by atoms with Gasteiger partial charge in [0.1, 0.15) is 6.61 Å². The van der Waals surface area contributed by atoms with Gasteiger partial charge in [0.2, 0.25) is 5.91 Å². The lowest BCUT2D eigenvalue weighted by molar-refractivity contribution is -0.131. The molecule has 0 atom stereocenters. The summed E-state index contributed by atoms with van der Waals surface area (Å²) in [6, 6.07) is 7.79. The molecular formula is C18H23NO2. The van der Waals surface area contributed by atoms with E-state index in [4.69, 9.17) is 5.11 Å². The Morgan fingerprint density at radius 2 is 2.05 bits per heavy atom. The molecule has 1 aromatic rings. The minimum atomic E-state index is -0.148. The van der Waals surface area contributed by atoms with Crippen molar-refractivity contribution in [2.75, 3.05) is 13.7 Å². The quantitative estimate of drug-likeness (QED) is 0.864. The first kappa shape index (κ1) is 15.6. The molecule has 1 aliphatic rings. The Hall–Kier alpha value is -1.79. The Balaban J connectivity index is 1.98. The Bertz CT molecular complexity index is 536. The van der Waals surface area contributed by atoms with Gasteiger partial charge in [-0.1, -0.05) is 42.9 Å². The van der Waals surface area contributed by atoms with Crippen LogP contribution in [0.5, 0.6) is 0 Å². The van der Waals surface area contributed by atoms with Crippen LogP contribution in [0.25, 0.3) is 0 Å². The van der Waals surface area contributed by atoms with Crippen LogP contribution in [0.3, 0.4) is 0 Å². The van der Waals surface area contributed by atoms with Gasteiger partial charge in [0.05, 0.1) is 0 Å². The van der Waals surface area contributed by atoms with Gasteiger partial charge in [-0.05, 0) is 30.4 Å². The second kappa shape index (κ2) is 7.85. The number of aliphatic hydroxyl groups excluding tert-OH is 1. The maximum absolute atomic E-state index is 12.3. The first-order valence-electron chi connectivity index (χ1n) is 7.62. The van der Waals surface area contributed by atoms with E-state index in [0.29, 0.717) is 18.9 Å². The monoisotopic (exact) mass is 285 g/mol. The van der Waals surface area contributed by atoms with E-state index in [0.717, 1.165) is 11.1 Å². The SMILES string of the molecule is CN(Cc1ccccc1C#CCO)C(=O)CC1CCCC1. The Morgan fingerprint density at radius 1 is 1.33 bits per heavy atom. The van der Waals surface area contributed by atoms with Crippen LogP contribution >= 0.6 is 0 Å². The van der Waals surface area contributed by atoms with Gasteiger partial charge in [0.15, 0.2) is 0 Å². The molecule has 0 radical (unpaired) electrons. The van der Waals surface area contributed by atoms with E-state index in [1.54, 1.807) is 4.90 Å². The van der Waals surface area contributed by atoms with Gasteiger partial charge in [-0.25, -0.2) is 0 Å². The molecule has 0 spiro atoms. The summed E-state index contributed by atoms with van der Waals surface area (Å²) in [5.41, 5.74) is 1.91. The van der Waals surface area contributed by atoms with Gasteiger partial charge in [-0.3, -0.25) is 4.79 Å². The summed E-state index contributed by atoms with van der Waals surface area (Å²) in [6.45, 7) is 0.423. The highest BCUT2D eigenvalue weighted by molar-refractivity contribution is 5.76. The number of aliphatic hydroxyl groups is 1. The third-order valence-electron chi connectivity index (χ3n) is 4.09. The van der Waals surface area contributed by atoms with Gasteiger partial charge >= 0.3 is 0 Å². The number of hydrogen-bond acceptors (Lipinski definition) is 2. The maximum Gasteiger partial charge on any atom is 0.222 e. The average Bonchev–Trinajstić information content (AvgIpc) is 2.99. The molecule has 1 amide bonds. The zero-order valence-electron chi connectivity index (χ0n) is 12.6. The van der Waals surface area contributed by atoms with E-state index in [9.17, 15) is 4.79 Å². The number of benzene rings is 1. The molecule has 3 nitrogen and oxygen atoms in total. The molecule has 112 valence electrons. The first-order valence-corrected chi connectivity index (χ1v) is 7.62. The van der Waals surface area contributed by atoms with Crippen molar-refractivity contribution in [3.05, 3.63) is 35.4 Å². The molecule has 0 aromatic heterocycles. The van der Waals surface area contributed by atoms with Crippen molar-refractivity contribution >= 4 is 5.91 Å². The van der Waals surface area contributed by atoms with Crippen LogP contribution in [-0.2, 0) is 11.3 Å². The number of hydrogen-bond donors (Lipinski definition) is 1. The highest BCUT2D eigenvalue weighted by Crippen LogP contribution is 2.28. The third-order valence-corrected chi connectivity index (χ3v) is 4.09. The summed E-state index contributed by atoms with van der Waals surface area (Å²) in [6.07, 6.45) is 5.58. The van der Waals surface area contributed by atoms with Gasteiger partial charge < -0.3 is 10.0 Å². The lowest BCUT2D eigenvalue weighted by Crippen LogP contribution is -2.27. The number of rotatable bonds is 4. The van der Waals surface area contributed by atoms with Crippen molar-refractivity contribution in [1.29, 1.82) is 0 Å². The molecule has 1 fully saturated rings. The average molecular weight is 285 g/mol. The van der Waals surface area contributed by atoms with Crippen molar-refractivity contribution in [3.63, 3.8) is 0 Å². The largest absolute Gasteiger partial charge is 0.384 e. The topological polar surface area (TPSA) is 40.5 Å². The summed E-state index contributed by atoms with van der Waals surface area (Å²) in [7, 11) is 1.85. The molecule has 1 saturated carbocycles. The van der Waals surface area contributed by atoms with Crippen LogP contribution in [0.1, 0.15) is 43.2 Å². The number of nitrogens with zero attached hydrogens (tertiary/aromatic N) is 1. The standard InChI is InChI=1S/C18H23NO2/c1-19(18(21)13-15-7-2-3-8-15)14-17-10-5-4-9-16(17)11-6-12-20/h4-5,9-10,15,20H,2-3,7-8,12-14H2,1H3. The molecule has 0 heterocycles. The van der Waals surface area contributed by atoms with Crippen LogP contribution in [0.4, 0.5) is 0 Å². The summed E-state index contributed by atoms with van der Waals surface area (Å²) >= 11 is 0. The lowest BCUT2D eigenvalue weighted by atomic mass is 10.0. The minimum absolute atomic E-state index is 0.148. The first-order chi connectivity index (χ1) is 10.2. The van der Waals surface area contributed by atoms with Gasteiger partial charge in [-0.2, -0.15) is 0 Å². The lowest BCUT2D eigenvalue weighted by Gasteiger charge is -2.20. The molecule has 0 aliphatic heterocycles. The molecule has 1 N–H and O–H groups in total. The fourth-order valence-electron chi connectivity index (χ4n) is 2.88. The van der Waals surface area contributed by atoms with Crippen LogP contribution < -0.4 is 0 Å². The fourth-order valence-corrected chi connectivity index (χ4v) is 2.88. The molecule has 0 unspecified atom stereocenters. The predicted molar refractivity (Wildman–Crippen MR) is 83.5 cm³/mol. The van der Waals surface area contributed by atoms with Crippen LogP contribution in [-0.4, -0.2) is 29.6 Å². The maximum atomic E-state index is 12.3. The Labute approximate surface area is 127 Å². The Kier molecular flexibility index (Phi) is 5.83. The molecule has 3 heteroatoms. The summed E-state index contributed by atoms with van der Waals surface area (Å²) in [4.78, 5) is 14.1. The van der Waals surface area contributed by atoms with Crippen molar-refractivity contribution in [2.45, 2.75) is 38.6 Å². The molecule has 0 bridgehead atoms. The summed E-state index contributed by atoms with van der Waals surface area (Å²) < 4.78 is 0. The number of carbonyl (C=O) groups is 1. The van der Waals surface area contributed by atoms with E-state index in [1.165, 1.54) is 25.7 Å². The third kappa shape index (κ3) is 4.61. The zero-order chi connectivity index (χ0) is 15.1. The number of carbonyl (C=O) groups excluding carboxylic acids is 1. The van der Waals surface area contributed by atoms with Crippen LogP contribution in [0.15, 0.2) is 24.3 Å². The van der Waals surface area contributed by atoms with E-state index < -0.39 is 0 Å². The van der Waals surface area contributed by atoms with Crippen molar-refractivity contribution < 1.29 is 9.90 Å². The Morgan fingerprint density at radius 3 is 2.76 bits per heavy atom. The highest BCUT2D eigenvalue weighted by atomic mass is 16.2. The number of amides is 1. The summed E-state index contributed by atoms with van der Waals surface area (Å²) in [5.74, 6) is 6.40. The van der Waals surface area contributed by atoms with Crippen LogP contribution in [0.2, 0.25) is 0 Å². The van der Waals surface area contributed by atoms with E-state index in [-0.39, 0.29) is 12.5 Å². The molecule has 1 aromatic carbocycles. The van der Waals surface area contributed by atoms with Crippen molar-refractivity contribution in [2.24, 2.45) is 5.92 Å². The van der Waals surface area contributed by atoms with Crippen molar-refractivity contribution in [3.8, 4) is 11.8 Å². The highest BCUT2D eigenvalue weighted by Gasteiger charge is 2.20. The second-order valence-corrected chi connectivity index (χ2v) is 5.72. The zero-order valence-corrected chi connectivity index (χ0v) is 12.6. The molecular weight excluding hydrogens is 262 g/mol. The smallest absolute Gasteiger partial charge is 0.222 e. The fraction of sp³-hybridized carbons (Fsp3) is 0.500. The van der Waals surface area contributed by atoms with Crippen LogP contribution in [0, 0.1) is 17.8 Å². The van der Waals surface area contributed by atoms with Gasteiger partial charge in [0, 0.05) is 25.6 Å². The molecule has 2 rings (SSSR count). The van der Waals surface area contributed by atoms with Crippen molar-refractivity contribution in [1.82, 2.24) is 4.90 Å². The molecule has 0 saturated heterocycles. The minimum Gasteiger partial charge on any atom is -0.384 e. The molecule has 21 heavy (non-hydrogen) atoms. The predicted octanol–water partition coefficient (Wildman–Crippen LogP) is 2.57. The summed E-state index contributed by atoms with van der Waals surface area (Å²) in [5, 5.41) is 8.81.